The van der Waals surface area contributed by atoms with Gasteiger partial charge >= 0.3 is 0 Å². The van der Waals surface area contributed by atoms with Crippen LogP contribution in [0.25, 0.3) is 0 Å². The van der Waals surface area contributed by atoms with Crippen molar-refractivity contribution in [3.63, 3.8) is 0 Å². The van der Waals surface area contributed by atoms with E-state index in [1.54, 1.807) is 7.05 Å². The smallest absolute Gasteiger partial charge is 0.227 e. The van der Waals surface area contributed by atoms with Crippen LogP contribution < -0.4 is 5.32 Å². The Morgan fingerprint density at radius 2 is 2.38 bits per heavy atom. The molecule has 6 nitrogen and oxygen atoms in total. The Hall–Kier alpha value is -0.950. The predicted molar refractivity (Wildman–Crippen MR) is 57.5 cm³/mol. The second-order valence-electron chi connectivity index (χ2n) is 4.11. The molecule has 0 aliphatic carbocycles. The van der Waals surface area contributed by atoms with Crippen molar-refractivity contribution in [2.24, 2.45) is 5.92 Å². The summed E-state index contributed by atoms with van der Waals surface area (Å²) in [7, 11) is -1.02. The Morgan fingerprint density at radius 1 is 1.56 bits per heavy atom. The lowest BCUT2D eigenvalue weighted by Crippen LogP contribution is -2.09. The molecule has 1 aliphatic rings. The number of nitrogens with zero attached hydrogens (tertiary/aromatic N) is 2. The summed E-state index contributed by atoms with van der Waals surface area (Å²) in [5.74, 6) is 1.81. The molecule has 0 spiro atoms. The van der Waals surface area contributed by atoms with Crippen LogP contribution in [-0.2, 0) is 22.8 Å². The number of aromatic nitrogens is 2. The molecule has 2 heterocycles. The lowest BCUT2D eigenvalue weighted by Gasteiger charge is -2.01. The van der Waals surface area contributed by atoms with E-state index in [2.05, 4.69) is 15.5 Å². The highest BCUT2D eigenvalue weighted by Crippen LogP contribution is 2.21. The third-order valence-electron chi connectivity index (χ3n) is 2.64. The Bertz CT molecular complexity index is 454. The first kappa shape index (κ1) is 11.5. The summed E-state index contributed by atoms with van der Waals surface area (Å²) in [6, 6.07) is 0. The summed E-state index contributed by atoms with van der Waals surface area (Å²) < 4.78 is 27.6. The van der Waals surface area contributed by atoms with Gasteiger partial charge in [-0.05, 0) is 19.4 Å². The quantitative estimate of drug-likeness (QED) is 0.788. The van der Waals surface area contributed by atoms with Crippen LogP contribution in [0.1, 0.15) is 18.1 Å². The fraction of sp³-hybridized carbons (Fsp3) is 0.778. The zero-order valence-corrected chi connectivity index (χ0v) is 9.96. The maximum absolute atomic E-state index is 11.3. The van der Waals surface area contributed by atoms with Gasteiger partial charge < -0.3 is 9.84 Å². The van der Waals surface area contributed by atoms with E-state index < -0.39 is 9.84 Å². The average Bonchev–Trinajstić information content (AvgIpc) is 2.75. The van der Waals surface area contributed by atoms with E-state index in [-0.39, 0.29) is 17.4 Å². The molecule has 1 atom stereocenters. The van der Waals surface area contributed by atoms with Gasteiger partial charge in [-0.3, -0.25) is 0 Å². The molecule has 16 heavy (non-hydrogen) atoms. The molecule has 1 aliphatic heterocycles. The predicted octanol–water partition coefficient (Wildman–Crippen LogP) is -0.234. The van der Waals surface area contributed by atoms with Gasteiger partial charge in [-0.25, -0.2) is 8.42 Å². The first-order valence-electron chi connectivity index (χ1n) is 5.25. The van der Waals surface area contributed by atoms with Crippen LogP contribution in [0.2, 0.25) is 0 Å². The average molecular weight is 245 g/mol. The highest BCUT2D eigenvalue weighted by molar-refractivity contribution is 7.91. The van der Waals surface area contributed by atoms with Crippen LogP contribution in [0.15, 0.2) is 4.52 Å². The van der Waals surface area contributed by atoms with Crippen LogP contribution in [0.3, 0.4) is 0 Å². The number of hydrogen-bond acceptors (Lipinski definition) is 6. The Morgan fingerprint density at radius 3 is 3.00 bits per heavy atom. The van der Waals surface area contributed by atoms with E-state index >= 15 is 0 Å². The molecule has 0 aromatic carbocycles. The maximum Gasteiger partial charge on any atom is 0.227 e. The van der Waals surface area contributed by atoms with Gasteiger partial charge in [-0.1, -0.05) is 5.16 Å². The molecule has 1 aromatic rings. The zero-order valence-electron chi connectivity index (χ0n) is 9.14. The second-order valence-corrected chi connectivity index (χ2v) is 6.34. The lowest BCUT2D eigenvalue weighted by atomic mass is 10.1. The van der Waals surface area contributed by atoms with Crippen LogP contribution in [-0.4, -0.2) is 37.1 Å². The molecule has 2 rings (SSSR count). The minimum Gasteiger partial charge on any atom is -0.339 e. The molecule has 1 aromatic heterocycles. The molecule has 0 bridgehead atoms. The Labute approximate surface area is 94.3 Å². The molecule has 90 valence electrons. The highest BCUT2D eigenvalue weighted by atomic mass is 32.2. The minimum absolute atomic E-state index is 0.132. The molecule has 1 N–H and O–H groups in total. The molecular formula is C9H15N3O3S. The molecule has 1 saturated heterocycles. The highest BCUT2D eigenvalue weighted by Gasteiger charge is 2.29. The van der Waals surface area contributed by atoms with Crippen molar-refractivity contribution in [1.29, 1.82) is 0 Å². The Kier molecular flexibility index (Phi) is 3.25. The topological polar surface area (TPSA) is 85.1 Å². The normalized spacial score (nSPS) is 23.7. The largest absolute Gasteiger partial charge is 0.339 e. The third-order valence-corrected chi connectivity index (χ3v) is 4.47. The van der Waals surface area contributed by atoms with E-state index in [4.69, 9.17) is 4.52 Å². The van der Waals surface area contributed by atoms with E-state index in [1.165, 1.54) is 0 Å². The van der Waals surface area contributed by atoms with Crippen molar-refractivity contribution < 1.29 is 12.9 Å². The Balaban J connectivity index is 1.94. The van der Waals surface area contributed by atoms with Crippen LogP contribution in [0.5, 0.6) is 0 Å². The van der Waals surface area contributed by atoms with Crippen molar-refractivity contribution in [3.05, 3.63) is 11.7 Å². The van der Waals surface area contributed by atoms with Crippen molar-refractivity contribution >= 4 is 9.84 Å². The van der Waals surface area contributed by atoms with Crippen LogP contribution in [0.4, 0.5) is 0 Å². The summed E-state index contributed by atoms with van der Waals surface area (Å²) in [6.07, 6.45) is 1.27. The maximum atomic E-state index is 11.3. The molecule has 7 heteroatoms. The second kappa shape index (κ2) is 4.50. The number of hydrogen-bond donors (Lipinski definition) is 1. The fourth-order valence-corrected chi connectivity index (χ4v) is 3.74. The van der Waals surface area contributed by atoms with Gasteiger partial charge in [0.15, 0.2) is 15.7 Å². The van der Waals surface area contributed by atoms with Crippen LogP contribution >= 0.6 is 0 Å². The van der Waals surface area contributed by atoms with Gasteiger partial charge in [0.2, 0.25) is 5.89 Å². The monoisotopic (exact) mass is 245 g/mol. The standard InChI is InChI=1S/C9H15N3O3S/c1-10-5-8-11-9(15-12-8)4-7-2-3-16(13,14)6-7/h7,10H,2-6H2,1H3. The first-order valence-corrected chi connectivity index (χ1v) is 7.07. The van der Waals surface area contributed by atoms with Gasteiger partial charge in [0, 0.05) is 6.42 Å². The molecule has 0 amide bonds. The summed E-state index contributed by atoms with van der Waals surface area (Å²) >= 11 is 0. The molecule has 0 radical (unpaired) electrons. The van der Waals surface area contributed by atoms with Gasteiger partial charge in [-0.2, -0.15) is 4.98 Å². The van der Waals surface area contributed by atoms with E-state index in [1.807, 2.05) is 0 Å². The molecule has 0 saturated carbocycles. The van der Waals surface area contributed by atoms with Crippen LogP contribution in [0, 0.1) is 5.92 Å². The van der Waals surface area contributed by atoms with Gasteiger partial charge in [-0.15, -0.1) is 0 Å². The van der Waals surface area contributed by atoms with E-state index in [0.717, 1.165) is 0 Å². The molecule has 1 fully saturated rings. The summed E-state index contributed by atoms with van der Waals surface area (Å²) in [5, 5.41) is 6.71. The fourth-order valence-electron chi connectivity index (χ4n) is 1.88. The first-order chi connectivity index (χ1) is 7.59. The number of rotatable bonds is 4. The summed E-state index contributed by atoms with van der Waals surface area (Å²) in [6.45, 7) is 0.562. The molecular weight excluding hydrogens is 230 g/mol. The zero-order chi connectivity index (χ0) is 11.6. The lowest BCUT2D eigenvalue weighted by molar-refractivity contribution is 0.354. The van der Waals surface area contributed by atoms with Crippen molar-refractivity contribution in [2.75, 3.05) is 18.6 Å². The van der Waals surface area contributed by atoms with Crippen molar-refractivity contribution in [1.82, 2.24) is 15.5 Å². The van der Waals surface area contributed by atoms with E-state index in [9.17, 15) is 8.42 Å². The van der Waals surface area contributed by atoms with E-state index in [0.29, 0.717) is 31.1 Å². The summed E-state index contributed by atoms with van der Waals surface area (Å²) in [4.78, 5) is 4.18. The minimum atomic E-state index is -2.82. The number of sulfone groups is 1. The van der Waals surface area contributed by atoms with Gasteiger partial charge in [0.1, 0.15) is 0 Å². The van der Waals surface area contributed by atoms with Crippen molar-refractivity contribution in [3.8, 4) is 0 Å². The SMILES string of the molecule is CNCc1noc(CC2CCS(=O)(=O)C2)n1. The van der Waals surface area contributed by atoms with Gasteiger partial charge in [0.25, 0.3) is 0 Å². The van der Waals surface area contributed by atoms with Gasteiger partial charge in [0.05, 0.1) is 18.1 Å². The number of nitrogens with one attached hydrogen (secondary N) is 1. The molecule has 1 unspecified atom stereocenters. The summed E-state index contributed by atoms with van der Waals surface area (Å²) in [5.41, 5.74) is 0. The third kappa shape index (κ3) is 2.79. The van der Waals surface area contributed by atoms with Crippen molar-refractivity contribution in [2.45, 2.75) is 19.4 Å².